The van der Waals surface area contributed by atoms with Gasteiger partial charge < -0.3 is 10.1 Å². The summed E-state index contributed by atoms with van der Waals surface area (Å²) in [7, 11) is 0. The second kappa shape index (κ2) is 4.52. The summed E-state index contributed by atoms with van der Waals surface area (Å²) in [6, 6.07) is 0.625. The average molecular weight is 196 g/mol. The monoisotopic (exact) mass is 196 g/mol. The molecule has 14 heavy (non-hydrogen) atoms. The van der Waals surface area contributed by atoms with Crippen LogP contribution in [0.4, 0.5) is 0 Å². The Morgan fingerprint density at radius 3 is 3.14 bits per heavy atom. The maximum atomic E-state index is 5.68. The molecule has 0 radical (unpaired) electrons. The maximum absolute atomic E-state index is 5.68. The van der Waals surface area contributed by atoms with Crippen LogP contribution < -0.4 is 5.32 Å². The lowest BCUT2D eigenvalue weighted by Gasteiger charge is -2.27. The smallest absolute Gasteiger partial charge is 0.150 e. The van der Waals surface area contributed by atoms with E-state index in [0.29, 0.717) is 18.8 Å². The summed E-state index contributed by atoms with van der Waals surface area (Å²) in [5, 5.41) is 9.94. The van der Waals surface area contributed by atoms with Gasteiger partial charge in [0.1, 0.15) is 18.8 Å². The van der Waals surface area contributed by atoms with Gasteiger partial charge in [-0.1, -0.05) is 0 Å². The molecule has 1 aliphatic rings. The number of ether oxygens (including phenoxy) is 1. The van der Waals surface area contributed by atoms with Gasteiger partial charge in [-0.15, -0.1) is 0 Å². The number of hydrogen-bond acceptors (Lipinski definition) is 4. The van der Waals surface area contributed by atoms with Crippen molar-refractivity contribution >= 4 is 0 Å². The number of rotatable bonds is 3. The maximum Gasteiger partial charge on any atom is 0.150 e. The Balaban J connectivity index is 1.71. The van der Waals surface area contributed by atoms with Crippen LogP contribution in [-0.2, 0) is 11.3 Å². The van der Waals surface area contributed by atoms with E-state index in [0.717, 1.165) is 18.8 Å². The molecule has 1 aromatic rings. The van der Waals surface area contributed by atoms with Crippen LogP contribution in [0, 0.1) is 0 Å². The Morgan fingerprint density at radius 1 is 1.57 bits per heavy atom. The molecule has 5 heteroatoms. The summed E-state index contributed by atoms with van der Waals surface area (Å²) in [4.78, 5) is 4.00. The number of nitrogens with zero attached hydrogens (tertiary/aromatic N) is 2. The van der Waals surface area contributed by atoms with Crippen LogP contribution in [0.25, 0.3) is 0 Å². The van der Waals surface area contributed by atoms with Crippen molar-refractivity contribution in [3.63, 3.8) is 0 Å². The SMILES string of the molecule is CC1CCC(OCc2ncn[nH]2)CN1. The molecule has 0 aromatic carbocycles. The van der Waals surface area contributed by atoms with Crippen molar-refractivity contribution < 1.29 is 4.74 Å². The highest BCUT2D eigenvalue weighted by Gasteiger charge is 2.17. The number of piperidine rings is 1. The molecule has 0 amide bonds. The van der Waals surface area contributed by atoms with Crippen LogP contribution in [0.1, 0.15) is 25.6 Å². The number of hydrogen-bond donors (Lipinski definition) is 2. The van der Waals surface area contributed by atoms with Crippen LogP contribution in [0.5, 0.6) is 0 Å². The van der Waals surface area contributed by atoms with Gasteiger partial charge in [0.15, 0.2) is 0 Å². The van der Waals surface area contributed by atoms with E-state index in [4.69, 9.17) is 4.74 Å². The Morgan fingerprint density at radius 2 is 2.50 bits per heavy atom. The van der Waals surface area contributed by atoms with Crippen LogP contribution in [0.15, 0.2) is 6.33 Å². The van der Waals surface area contributed by atoms with Crippen LogP contribution in [0.3, 0.4) is 0 Å². The van der Waals surface area contributed by atoms with Crippen LogP contribution >= 0.6 is 0 Å². The van der Waals surface area contributed by atoms with Crippen molar-refractivity contribution in [2.45, 2.75) is 38.5 Å². The predicted octanol–water partition coefficient (Wildman–Crippen LogP) is 0.462. The first kappa shape index (κ1) is 9.61. The molecule has 2 rings (SSSR count). The Labute approximate surface area is 83.3 Å². The lowest BCUT2D eigenvalue weighted by Crippen LogP contribution is -2.40. The van der Waals surface area contributed by atoms with Crippen LogP contribution in [0.2, 0.25) is 0 Å². The van der Waals surface area contributed by atoms with Gasteiger partial charge in [-0.2, -0.15) is 5.10 Å². The molecule has 1 aromatic heterocycles. The van der Waals surface area contributed by atoms with E-state index in [1.54, 1.807) is 0 Å². The molecule has 2 atom stereocenters. The lowest BCUT2D eigenvalue weighted by molar-refractivity contribution is 0.0162. The van der Waals surface area contributed by atoms with E-state index in [-0.39, 0.29) is 0 Å². The van der Waals surface area contributed by atoms with Gasteiger partial charge in [0.25, 0.3) is 0 Å². The molecule has 0 aliphatic carbocycles. The normalized spacial score (nSPS) is 27.8. The van der Waals surface area contributed by atoms with Gasteiger partial charge in [0.2, 0.25) is 0 Å². The molecule has 1 saturated heterocycles. The third kappa shape index (κ3) is 2.52. The highest BCUT2D eigenvalue weighted by atomic mass is 16.5. The molecular formula is C9H16N4O. The van der Waals surface area contributed by atoms with E-state index < -0.39 is 0 Å². The number of H-pyrrole nitrogens is 1. The standard InChI is InChI=1S/C9H16N4O/c1-7-2-3-8(4-10-7)14-5-9-11-6-12-13-9/h6-8,10H,2-5H2,1H3,(H,11,12,13). The quantitative estimate of drug-likeness (QED) is 0.737. The third-order valence-electron chi connectivity index (χ3n) is 2.54. The zero-order chi connectivity index (χ0) is 9.80. The average Bonchev–Trinajstić information content (AvgIpc) is 2.70. The fraction of sp³-hybridized carbons (Fsp3) is 0.778. The zero-order valence-corrected chi connectivity index (χ0v) is 8.36. The van der Waals surface area contributed by atoms with Crippen molar-refractivity contribution in [2.24, 2.45) is 0 Å². The summed E-state index contributed by atoms with van der Waals surface area (Å²) < 4.78 is 5.68. The number of aromatic nitrogens is 3. The van der Waals surface area contributed by atoms with E-state index in [9.17, 15) is 0 Å². The predicted molar refractivity (Wildman–Crippen MR) is 51.7 cm³/mol. The molecule has 1 aliphatic heterocycles. The zero-order valence-electron chi connectivity index (χ0n) is 8.36. The van der Waals surface area contributed by atoms with Crippen LogP contribution in [-0.4, -0.2) is 33.9 Å². The van der Waals surface area contributed by atoms with E-state index in [1.165, 1.54) is 12.7 Å². The first-order valence-corrected chi connectivity index (χ1v) is 5.04. The molecule has 5 nitrogen and oxygen atoms in total. The Kier molecular flexibility index (Phi) is 3.10. The van der Waals surface area contributed by atoms with Crippen molar-refractivity contribution in [3.8, 4) is 0 Å². The van der Waals surface area contributed by atoms with Gasteiger partial charge in [-0.05, 0) is 19.8 Å². The van der Waals surface area contributed by atoms with E-state index in [1.807, 2.05) is 0 Å². The molecule has 1 fully saturated rings. The number of aromatic amines is 1. The lowest BCUT2D eigenvalue weighted by atomic mass is 10.0. The van der Waals surface area contributed by atoms with Crippen molar-refractivity contribution in [2.75, 3.05) is 6.54 Å². The van der Waals surface area contributed by atoms with Gasteiger partial charge in [-0.25, -0.2) is 4.98 Å². The third-order valence-corrected chi connectivity index (χ3v) is 2.54. The highest BCUT2D eigenvalue weighted by molar-refractivity contribution is 4.79. The topological polar surface area (TPSA) is 62.8 Å². The minimum Gasteiger partial charge on any atom is -0.369 e. The first-order chi connectivity index (χ1) is 6.84. The van der Waals surface area contributed by atoms with Crippen molar-refractivity contribution in [3.05, 3.63) is 12.2 Å². The van der Waals surface area contributed by atoms with Gasteiger partial charge in [0, 0.05) is 12.6 Å². The Bertz CT molecular complexity index is 254. The number of nitrogens with one attached hydrogen (secondary N) is 2. The summed E-state index contributed by atoms with van der Waals surface area (Å²) in [6.45, 7) is 3.67. The second-order valence-electron chi connectivity index (χ2n) is 3.75. The first-order valence-electron chi connectivity index (χ1n) is 5.04. The second-order valence-corrected chi connectivity index (χ2v) is 3.75. The van der Waals surface area contributed by atoms with Crippen molar-refractivity contribution in [1.82, 2.24) is 20.5 Å². The molecule has 0 bridgehead atoms. The summed E-state index contributed by atoms with van der Waals surface area (Å²) in [5.74, 6) is 0.795. The van der Waals surface area contributed by atoms with E-state index >= 15 is 0 Å². The van der Waals surface area contributed by atoms with Gasteiger partial charge in [0.05, 0.1) is 6.10 Å². The van der Waals surface area contributed by atoms with Crippen molar-refractivity contribution in [1.29, 1.82) is 0 Å². The molecule has 2 unspecified atom stereocenters. The highest BCUT2D eigenvalue weighted by Crippen LogP contribution is 2.11. The molecule has 2 heterocycles. The van der Waals surface area contributed by atoms with Gasteiger partial charge >= 0.3 is 0 Å². The van der Waals surface area contributed by atoms with E-state index in [2.05, 4.69) is 27.4 Å². The summed E-state index contributed by atoms with van der Waals surface area (Å²) in [6.07, 6.45) is 4.12. The molecular weight excluding hydrogens is 180 g/mol. The largest absolute Gasteiger partial charge is 0.369 e. The summed E-state index contributed by atoms with van der Waals surface area (Å²) >= 11 is 0. The fourth-order valence-electron chi connectivity index (χ4n) is 1.61. The minimum absolute atomic E-state index is 0.316. The molecule has 0 spiro atoms. The van der Waals surface area contributed by atoms with Gasteiger partial charge in [-0.3, -0.25) is 5.10 Å². The Hall–Kier alpha value is -0.940. The fourth-order valence-corrected chi connectivity index (χ4v) is 1.61. The molecule has 78 valence electrons. The summed E-state index contributed by atoms with van der Waals surface area (Å²) in [5.41, 5.74) is 0. The molecule has 0 saturated carbocycles. The molecule has 2 N–H and O–H groups in total. The minimum atomic E-state index is 0.316.